The summed E-state index contributed by atoms with van der Waals surface area (Å²) in [5, 5.41) is 1.46. The average Bonchev–Trinajstić information content (AvgIpc) is 2.93. The van der Waals surface area contributed by atoms with Crippen LogP contribution in [0.15, 0.2) is 53.4 Å². The number of hydrogen-bond acceptors (Lipinski definition) is 2. The summed E-state index contributed by atoms with van der Waals surface area (Å²) < 4.78 is 2.63. The van der Waals surface area contributed by atoms with Crippen LogP contribution in [0.5, 0.6) is 0 Å². The number of nitrogens with zero attached hydrogens (tertiary/aromatic N) is 2. The fourth-order valence-corrected chi connectivity index (χ4v) is 6.03. The molecule has 28 heavy (non-hydrogen) atoms. The molecule has 1 fully saturated rings. The summed E-state index contributed by atoms with van der Waals surface area (Å²) in [6.07, 6.45) is 7.94. The molecule has 0 aliphatic carbocycles. The van der Waals surface area contributed by atoms with E-state index in [1.165, 1.54) is 84.5 Å². The van der Waals surface area contributed by atoms with Crippen molar-refractivity contribution in [3.8, 4) is 11.3 Å². The van der Waals surface area contributed by atoms with Crippen molar-refractivity contribution in [2.24, 2.45) is 0 Å². The molecule has 5 rings (SSSR count). The van der Waals surface area contributed by atoms with Crippen LogP contribution in [0, 0.1) is 0 Å². The van der Waals surface area contributed by atoms with Gasteiger partial charge >= 0.3 is 0 Å². The van der Waals surface area contributed by atoms with Crippen LogP contribution < -0.4 is 0 Å². The smallest absolute Gasteiger partial charge is 0.0535 e. The summed E-state index contributed by atoms with van der Waals surface area (Å²) in [5.41, 5.74) is 5.91. The van der Waals surface area contributed by atoms with Crippen molar-refractivity contribution in [2.75, 3.05) is 25.4 Å². The van der Waals surface area contributed by atoms with Crippen LogP contribution in [0.3, 0.4) is 0 Å². The molecule has 3 heteroatoms. The molecular weight excluding hydrogens is 360 g/mol. The second kappa shape index (κ2) is 8.34. The molecule has 0 spiro atoms. The average molecular weight is 391 g/mol. The van der Waals surface area contributed by atoms with E-state index in [0.717, 1.165) is 13.0 Å². The third kappa shape index (κ3) is 3.51. The highest BCUT2D eigenvalue weighted by Crippen LogP contribution is 2.42. The van der Waals surface area contributed by atoms with Gasteiger partial charge in [-0.1, -0.05) is 42.8 Å². The zero-order valence-corrected chi connectivity index (χ0v) is 17.5. The van der Waals surface area contributed by atoms with Crippen LogP contribution in [-0.2, 0) is 13.0 Å². The molecule has 2 nitrogen and oxygen atoms in total. The Balaban J connectivity index is 1.45. The lowest BCUT2D eigenvalue weighted by molar-refractivity contribution is 0.224. The quantitative estimate of drug-likeness (QED) is 0.478. The standard InChI is InChI=1S/C25H30N2S/c1-6-15-26(16-7-1)17-8-9-18-27-23-12-4-2-10-20(23)21-14-19-28-24-13-5-3-11-22(24)25(21)27/h2-5,10-13H,1,6-9,14-19H2. The topological polar surface area (TPSA) is 8.17 Å². The molecule has 0 atom stereocenters. The van der Waals surface area contributed by atoms with Gasteiger partial charge in [-0.3, -0.25) is 0 Å². The molecular formula is C25H30N2S. The number of piperidine rings is 1. The van der Waals surface area contributed by atoms with Crippen molar-refractivity contribution < 1.29 is 0 Å². The number of unbranched alkanes of at least 4 members (excludes halogenated alkanes) is 1. The Morgan fingerprint density at radius 2 is 1.61 bits per heavy atom. The first-order chi connectivity index (χ1) is 13.9. The van der Waals surface area contributed by atoms with Gasteiger partial charge in [0.25, 0.3) is 0 Å². The minimum atomic E-state index is 1.13. The second-order valence-electron chi connectivity index (χ2n) is 8.20. The summed E-state index contributed by atoms with van der Waals surface area (Å²) in [7, 11) is 0. The van der Waals surface area contributed by atoms with Crippen LogP contribution >= 0.6 is 11.8 Å². The van der Waals surface area contributed by atoms with E-state index in [2.05, 4.69) is 58.0 Å². The van der Waals surface area contributed by atoms with E-state index in [-0.39, 0.29) is 0 Å². The van der Waals surface area contributed by atoms with Crippen LogP contribution in [0.1, 0.15) is 37.7 Å². The lowest BCUT2D eigenvalue weighted by Gasteiger charge is -2.26. The van der Waals surface area contributed by atoms with Crippen molar-refractivity contribution in [3.63, 3.8) is 0 Å². The van der Waals surface area contributed by atoms with Gasteiger partial charge in [-0.15, -0.1) is 11.8 Å². The van der Waals surface area contributed by atoms with E-state index >= 15 is 0 Å². The van der Waals surface area contributed by atoms with Crippen molar-refractivity contribution in [1.29, 1.82) is 0 Å². The van der Waals surface area contributed by atoms with Gasteiger partial charge in [-0.25, -0.2) is 0 Å². The number of benzene rings is 2. The maximum atomic E-state index is 2.67. The lowest BCUT2D eigenvalue weighted by Crippen LogP contribution is -2.30. The molecule has 0 unspecified atom stereocenters. The molecule has 3 aromatic rings. The summed E-state index contributed by atoms with van der Waals surface area (Å²) in [6.45, 7) is 5.02. The van der Waals surface area contributed by atoms with E-state index < -0.39 is 0 Å². The highest BCUT2D eigenvalue weighted by atomic mass is 32.2. The Morgan fingerprint density at radius 1 is 0.821 bits per heavy atom. The molecule has 0 N–H and O–H groups in total. The van der Waals surface area contributed by atoms with Crippen molar-refractivity contribution in [3.05, 3.63) is 54.1 Å². The highest BCUT2D eigenvalue weighted by molar-refractivity contribution is 7.99. The second-order valence-corrected chi connectivity index (χ2v) is 9.34. The monoisotopic (exact) mass is 390 g/mol. The molecule has 0 amide bonds. The Hall–Kier alpha value is -1.71. The Bertz CT molecular complexity index is 952. The van der Waals surface area contributed by atoms with Crippen LogP contribution in [0.2, 0.25) is 0 Å². The number of aryl methyl sites for hydroxylation is 2. The summed E-state index contributed by atoms with van der Waals surface area (Å²) in [6, 6.07) is 18.1. The molecule has 0 bridgehead atoms. The summed E-state index contributed by atoms with van der Waals surface area (Å²) in [4.78, 5) is 4.11. The molecule has 146 valence electrons. The largest absolute Gasteiger partial charge is 0.340 e. The number of hydrogen-bond donors (Lipinski definition) is 0. The first-order valence-corrected chi connectivity index (χ1v) is 11.9. The van der Waals surface area contributed by atoms with Gasteiger partial charge in [0.2, 0.25) is 0 Å². The third-order valence-electron chi connectivity index (χ3n) is 6.38. The van der Waals surface area contributed by atoms with Gasteiger partial charge in [0, 0.05) is 33.7 Å². The van der Waals surface area contributed by atoms with Gasteiger partial charge in [0.05, 0.1) is 5.69 Å². The van der Waals surface area contributed by atoms with E-state index in [1.54, 1.807) is 5.56 Å². The molecule has 3 heterocycles. The van der Waals surface area contributed by atoms with E-state index in [0.29, 0.717) is 0 Å². The normalized spacial score (nSPS) is 17.3. The van der Waals surface area contributed by atoms with Gasteiger partial charge in [-0.2, -0.15) is 0 Å². The predicted octanol–water partition coefficient (Wildman–Crippen LogP) is 6.22. The van der Waals surface area contributed by atoms with Crippen molar-refractivity contribution in [2.45, 2.75) is 50.0 Å². The first kappa shape index (κ1) is 18.3. The molecule has 0 saturated carbocycles. The number of rotatable bonds is 5. The van der Waals surface area contributed by atoms with Gasteiger partial charge < -0.3 is 9.47 Å². The fourth-order valence-electron chi connectivity index (χ4n) is 5.01. The van der Waals surface area contributed by atoms with Gasteiger partial charge in [-0.05, 0) is 69.4 Å². The fraction of sp³-hybridized carbons (Fsp3) is 0.440. The molecule has 1 aromatic heterocycles. The Kier molecular flexibility index (Phi) is 5.46. The number of likely N-dealkylation sites (tertiary alicyclic amines) is 1. The third-order valence-corrected chi connectivity index (χ3v) is 7.46. The SMILES string of the molecule is c1ccc2c(c1)SCCc1c-2n(CCCCN2CCCCC2)c2ccccc12. The zero-order chi connectivity index (χ0) is 18.8. The van der Waals surface area contributed by atoms with Crippen LogP contribution in [0.25, 0.3) is 22.2 Å². The van der Waals surface area contributed by atoms with E-state index in [4.69, 9.17) is 0 Å². The van der Waals surface area contributed by atoms with Gasteiger partial charge in [0.15, 0.2) is 0 Å². The summed E-state index contributed by atoms with van der Waals surface area (Å²) >= 11 is 2.02. The van der Waals surface area contributed by atoms with E-state index in [1.807, 2.05) is 11.8 Å². The van der Waals surface area contributed by atoms with Crippen molar-refractivity contribution >= 4 is 22.7 Å². The highest BCUT2D eigenvalue weighted by Gasteiger charge is 2.22. The van der Waals surface area contributed by atoms with E-state index in [9.17, 15) is 0 Å². The Morgan fingerprint density at radius 3 is 2.54 bits per heavy atom. The number of aromatic nitrogens is 1. The number of thioether (sulfide) groups is 1. The molecule has 2 aliphatic heterocycles. The van der Waals surface area contributed by atoms with Crippen LogP contribution in [0.4, 0.5) is 0 Å². The minimum Gasteiger partial charge on any atom is -0.340 e. The lowest BCUT2D eigenvalue weighted by atomic mass is 10.0. The first-order valence-electron chi connectivity index (χ1n) is 11.0. The zero-order valence-electron chi connectivity index (χ0n) is 16.7. The molecule has 2 aliphatic rings. The summed E-state index contributed by atoms with van der Waals surface area (Å²) in [5.74, 6) is 1.17. The van der Waals surface area contributed by atoms with Crippen molar-refractivity contribution in [1.82, 2.24) is 9.47 Å². The molecule has 2 aromatic carbocycles. The molecule has 0 radical (unpaired) electrons. The maximum absolute atomic E-state index is 2.67. The Labute approximate surface area is 172 Å². The maximum Gasteiger partial charge on any atom is 0.0535 e. The number of para-hydroxylation sites is 1. The van der Waals surface area contributed by atoms with Gasteiger partial charge in [0.1, 0.15) is 0 Å². The predicted molar refractivity (Wildman–Crippen MR) is 121 cm³/mol. The molecule has 1 saturated heterocycles. The van der Waals surface area contributed by atoms with Crippen LogP contribution in [-0.4, -0.2) is 34.9 Å². The minimum absolute atomic E-state index is 1.13. The number of fused-ring (bicyclic) bond motifs is 5.